The Morgan fingerprint density at radius 2 is 1.41 bits per heavy atom. The lowest BCUT2D eigenvalue weighted by molar-refractivity contribution is -0.129. The number of hydrogen-bond donors (Lipinski definition) is 1. The normalized spacial score (nSPS) is 50.8. The number of halogens is 1. The van der Waals surface area contributed by atoms with Crippen LogP contribution in [0.3, 0.4) is 0 Å². The average molecular weight is 462 g/mol. The van der Waals surface area contributed by atoms with Crippen molar-refractivity contribution in [1.29, 1.82) is 0 Å². The zero-order valence-corrected chi connectivity index (χ0v) is 22.3. The Kier molecular flexibility index (Phi) is 5.87. The minimum Gasteiger partial charge on any atom is -0.324 e. The summed E-state index contributed by atoms with van der Waals surface area (Å²) in [7, 11) is 0. The largest absolute Gasteiger partial charge is 0.324 e. The Hall–Kier alpha value is -0.340. The van der Waals surface area contributed by atoms with Crippen molar-refractivity contribution < 1.29 is 4.79 Å². The standard InChI is InChI=1S/C29H47NO.ClH/c1-17(2)28(7)25-24-13-12-21-20-11-9-19(31)16-18(20)8-10-22(21)23(24)14-15-29(25,30)27(5,6)26(28,3)4;/h18,20-25H,1,8-16,30H2,2-7H3;1H. The second-order valence-electron chi connectivity index (χ2n) is 13.8. The van der Waals surface area contributed by atoms with Gasteiger partial charge in [-0.05, 0) is 110 Å². The zero-order valence-electron chi connectivity index (χ0n) is 21.5. The van der Waals surface area contributed by atoms with E-state index < -0.39 is 0 Å². The van der Waals surface area contributed by atoms with Gasteiger partial charge in [0, 0.05) is 18.4 Å². The minimum atomic E-state index is -0.105. The molecule has 0 aromatic carbocycles. The first-order valence-electron chi connectivity index (χ1n) is 13.3. The smallest absolute Gasteiger partial charge is 0.133 e. The van der Waals surface area contributed by atoms with E-state index in [0.29, 0.717) is 17.6 Å². The lowest BCUT2D eigenvalue weighted by Crippen LogP contribution is -2.63. The monoisotopic (exact) mass is 461 g/mol. The lowest BCUT2D eigenvalue weighted by atomic mass is 9.45. The van der Waals surface area contributed by atoms with E-state index in [-0.39, 0.29) is 34.2 Å². The van der Waals surface area contributed by atoms with E-state index in [1.54, 1.807) is 0 Å². The highest BCUT2D eigenvalue weighted by Crippen LogP contribution is 2.76. The molecule has 5 fully saturated rings. The molecule has 2 nitrogen and oxygen atoms in total. The van der Waals surface area contributed by atoms with Gasteiger partial charge < -0.3 is 5.73 Å². The van der Waals surface area contributed by atoms with E-state index >= 15 is 0 Å². The molecule has 32 heavy (non-hydrogen) atoms. The van der Waals surface area contributed by atoms with Crippen LogP contribution in [0.1, 0.15) is 99.3 Å². The van der Waals surface area contributed by atoms with Gasteiger partial charge in [0.2, 0.25) is 0 Å². The van der Waals surface area contributed by atoms with Gasteiger partial charge >= 0.3 is 0 Å². The third-order valence-corrected chi connectivity index (χ3v) is 13.2. The third kappa shape index (κ3) is 2.78. The summed E-state index contributed by atoms with van der Waals surface area (Å²) in [4.78, 5) is 12.1. The second kappa shape index (κ2) is 7.58. The number of fused-ring (bicyclic) bond motifs is 7. The summed E-state index contributed by atoms with van der Waals surface area (Å²) in [6.45, 7) is 19.3. The van der Waals surface area contributed by atoms with Crippen LogP contribution in [0, 0.1) is 57.7 Å². The molecule has 5 aliphatic rings. The summed E-state index contributed by atoms with van der Waals surface area (Å²) in [6.07, 6.45) is 10.8. The van der Waals surface area contributed by atoms with Gasteiger partial charge in [0.25, 0.3) is 0 Å². The number of nitrogens with two attached hydrogens (primary N) is 1. The predicted octanol–water partition coefficient (Wildman–Crippen LogP) is 7.20. The fourth-order valence-corrected chi connectivity index (χ4v) is 10.7. The first-order valence-corrected chi connectivity index (χ1v) is 13.3. The van der Waals surface area contributed by atoms with Crippen molar-refractivity contribution >= 4 is 18.2 Å². The number of carbonyl (C=O) groups is 1. The molecule has 182 valence electrons. The van der Waals surface area contributed by atoms with Gasteiger partial charge in [0.15, 0.2) is 0 Å². The van der Waals surface area contributed by atoms with E-state index in [9.17, 15) is 4.79 Å². The fraction of sp³-hybridized carbons (Fsp3) is 0.897. The number of rotatable bonds is 1. The van der Waals surface area contributed by atoms with Gasteiger partial charge in [-0.3, -0.25) is 4.79 Å². The van der Waals surface area contributed by atoms with Crippen molar-refractivity contribution in [2.24, 2.45) is 63.4 Å². The van der Waals surface area contributed by atoms with Crippen molar-refractivity contribution in [1.82, 2.24) is 0 Å². The third-order valence-electron chi connectivity index (χ3n) is 13.2. The van der Waals surface area contributed by atoms with E-state index in [0.717, 1.165) is 42.4 Å². The van der Waals surface area contributed by atoms with E-state index in [4.69, 9.17) is 5.73 Å². The molecule has 0 heterocycles. The summed E-state index contributed by atoms with van der Waals surface area (Å²) >= 11 is 0. The first-order chi connectivity index (χ1) is 14.4. The molecule has 0 aromatic rings. The second-order valence-corrected chi connectivity index (χ2v) is 13.8. The summed E-state index contributed by atoms with van der Waals surface area (Å²) in [5.74, 6) is 5.91. The molecule has 5 aliphatic carbocycles. The van der Waals surface area contributed by atoms with Crippen LogP contribution in [0.2, 0.25) is 0 Å². The summed E-state index contributed by atoms with van der Waals surface area (Å²) in [6, 6.07) is 0. The van der Waals surface area contributed by atoms with Crippen molar-refractivity contribution in [2.45, 2.75) is 105 Å². The minimum absolute atomic E-state index is 0. The molecular weight excluding hydrogens is 414 g/mol. The summed E-state index contributed by atoms with van der Waals surface area (Å²) < 4.78 is 0. The maximum absolute atomic E-state index is 12.1. The Morgan fingerprint density at radius 1 is 0.844 bits per heavy atom. The first kappa shape index (κ1) is 24.8. The molecule has 5 rings (SSSR count). The predicted molar refractivity (Wildman–Crippen MR) is 136 cm³/mol. The van der Waals surface area contributed by atoms with E-state index in [1.165, 1.54) is 50.5 Å². The number of allylic oxidation sites excluding steroid dienone is 1. The summed E-state index contributed by atoms with van der Waals surface area (Å²) in [5.41, 5.74) is 9.08. The quantitative estimate of drug-likeness (QED) is 0.419. The van der Waals surface area contributed by atoms with Crippen molar-refractivity contribution in [3.05, 3.63) is 12.2 Å². The van der Waals surface area contributed by atoms with Crippen LogP contribution in [0.15, 0.2) is 12.2 Å². The van der Waals surface area contributed by atoms with E-state index in [2.05, 4.69) is 48.1 Å². The molecule has 3 heteroatoms. The van der Waals surface area contributed by atoms with E-state index in [1.807, 2.05) is 0 Å². The van der Waals surface area contributed by atoms with Gasteiger partial charge in [0.05, 0.1) is 0 Å². The van der Waals surface area contributed by atoms with Gasteiger partial charge in [-0.1, -0.05) is 46.8 Å². The van der Waals surface area contributed by atoms with Crippen molar-refractivity contribution in [3.63, 3.8) is 0 Å². The highest BCUT2D eigenvalue weighted by Gasteiger charge is 2.75. The molecule has 0 bridgehead atoms. The Bertz CT molecular complexity index is 801. The number of Topliss-reactive ketones (excluding diaryl/α,β-unsaturated/α-hetero) is 1. The maximum Gasteiger partial charge on any atom is 0.133 e. The van der Waals surface area contributed by atoms with Gasteiger partial charge in [-0.25, -0.2) is 0 Å². The van der Waals surface area contributed by atoms with Gasteiger partial charge in [-0.15, -0.1) is 12.4 Å². The fourth-order valence-electron chi connectivity index (χ4n) is 10.7. The molecule has 9 atom stereocenters. The molecular formula is C29H48ClNO. The number of carbonyl (C=O) groups excluding carboxylic acids is 1. The molecule has 0 aliphatic heterocycles. The zero-order chi connectivity index (χ0) is 22.6. The molecule has 0 spiro atoms. The molecule has 2 N–H and O–H groups in total. The van der Waals surface area contributed by atoms with Crippen LogP contribution in [0.25, 0.3) is 0 Å². The highest BCUT2D eigenvalue weighted by molar-refractivity contribution is 5.85. The van der Waals surface area contributed by atoms with Gasteiger partial charge in [0.1, 0.15) is 5.78 Å². The van der Waals surface area contributed by atoms with Crippen LogP contribution >= 0.6 is 12.4 Å². The SMILES string of the molecule is C=C(C)C1(C)C2C3CCC4C5CCC(=O)CC5CCC4C3CCC2(N)C(C)(C)C1(C)C.Cl. The lowest BCUT2D eigenvalue weighted by Gasteiger charge is -2.61. The van der Waals surface area contributed by atoms with Crippen LogP contribution in [0.4, 0.5) is 0 Å². The Morgan fingerprint density at radius 3 is 2.06 bits per heavy atom. The number of hydrogen-bond acceptors (Lipinski definition) is 2. The van der Waals surface area contributed by atoms with Crippen molar-refractivity contribution in [3.8, 4) is 0 Å². The number of ketones is 1. The molecule has 0 amide bonds. The average Bonchev–Trinajstić information content (AvgIpc) is 2.80. The Balaban J connectivity index is 0.00000245. The van der Waals surface area contributed by atoms with Crippen molar-refractivity contribution in [2.75, 3.05) is 0 Å². The molecule has 0 radical (unpaired) electrons. The maximum atomic E-state index is 12.1. The Labute approximate surface area is 203 Å². The van der Waals surface area contributed by atoms with Crippen LogP contribution < -0.4 is 5.73 Å². The molecule has 9 unspecified atom stereocenters. The van der Waals surface area contributed by atoms with Crippen LogP contribution in [0.5, 0.6) is 0 Å². The highest BCUT2D eigenvalue weighted by atomic mass is 35.5. The topological polar surface area (TPSA) is 43.1 Å². The van der Waals surface area contributed by atoms with Crippen LogP contribution in [-0.4, -0.2) is 11.3 Å². The van der Waals surface area contributed by atoms with Gasteiger partial charge in [-0.2, -0.15) is 0 Å². The summed E-state index contributed by atoms with van der Waals surface area (Å²) in [5, 5.41) is 0. The molecule has 0 saturated heterocycles. The molecule has 5 saturated carbocycles. The molecule has 0 aromatic heterocycles. The van der Waals surface area contributed by atoms with Crippen LogP contribution in [-0.2, 0) is 4.79 Å².